The van der Waals surface area contributed by atoms with Gasteiger partial charge in [-0.25, -0.2) is 0 Å². The molecule has 2 N–H and O–H groups in total. The van der Waals surface area contributed by atoms with Crippen molar-refractivity contribution in [2.45, 2.75) is 24.8 Å². The minimum Gasteiger partial charge on any atom is -0.327 e. The number of nitrogens with two attached hydrogens (primary N) is 1. The maximum atomic E-state index is 12.1. The molecule has 0 spiro atoms. The van der Waals surface area contributed by atoms with E-state index in [1.165, 1.54) is 0 Å². The third-order valence-corrected chi connectivity index (χ3v) is 4.78. The van der Waals surface area contributed by atoms with Crippen molar-refractivity contribution in [2.75, 3.05) is 5.75 Å². The quantitative estimate of drug-likeness (QED) is 0.921. The van der Waals surface area contributed by atoms with Gasteiger partial charge in [-0.3, -0.25) is 4.21 Å². The van der Waals surface area contributed by atoms with Crippen LogP contribution in [0.4, 0.5) is 0 Å². The van der Waals surface area contributed by atoms with Gasteiger partial charge in [0.05, 0.1) is 25.7 Å². The highest BCUT2D eigenvalue weighted by molar-refractivity contribution is 7.85. The van der Waals surface area contributed by atoms with Gasteiger partial charge in [0.1, 0.15) is 0 Å². The van der Waals surface area contributed by atoms with E-state index < -0.39 is 10.8 Å². The smallest absolute Gasteiger partial charge is 0.0760 e. The summed E-state index contributed by atoms with van der Waals surface area (Å²) in [6, 6.07) is 4.98. The van der Waals surface area contributed by atoms with Gasteiger partial charge in [0.15, 0.2) is 0 Å². The largest absolute Gasteiger partial charge is 0.327 e. The second-order valence-corrected chi connectivity index (χ2v) is 6.22. The SMILES string of the molecule is CC(C)C(N)CS(=O)c1c(Cl)cccc1Cl. The van der Waals surface area contributed by atoms with Gasteiger partial charge in [0.25, 0.3) is 0 Å². The first kappa shape index (κ1) is 14.0. The van der Waals surface area contributed by atoms with E-state index in [9.17, 15) is 4.21 Å². The molecule has 1 aromatic rings. The van der Waals surface area contributed by atoms with Crippen molar-refractivity contribution in [2.24, 2.45) is 11.7 Å². The van der Waals surface area contributed by atoms with Crippen molar-refractivity contribution in [3.8, 4) is 0 Å². The monoisotopic (exact) mass is 279 g/mol. The molecular formula is C11H15Cl2NOS. The fraction of sp³-hybridized carbons (Fsp3) is 0.455. The van der Waals surface area contributed by atoms with Crippen LogP contribution in [0.15, 0.2) is 23.1 Å². The van der Waals surface area contributed by atoms with E-state index in [2.05, 4.69) is 0 Å². The summed E-state index contributed by atoms with van der Waals surface area (Å²) in [4.78, 5) is 0.488. The van der Waals surface area contributed by atoms with E-state index in [1.807, 2.05) is 13.8 Å². The normalized spacial score (nSPS) is 15.1. The Bertz CT molecular complexity index is 375. The molecule has 0 bridgehead atoms. The van der Waals surface area contributed by atoms with Gasteiger partial charge in [0, 0.05) is 11.8 Å². The van der Waals surface area contributed by atoms with Gasteiger partial charge in [-0.05, 0) is 18.1 Å². The third kappa shape index (κ3) is 3.45. The lowest BCUT2D eigenvalue weighted by Gasteiger charge is -2.15. The molecule has 0 aliphatic rings. The predicted octanol–water partition coefficient (Wildman–Crippen LogP) is 3.08. The van der Waals surface area contributed by atoms with Crippen LogP contribution in [0.1, 0.15) is 13.8 Å². The molecule has 1 rings (SSSR count). The molecule has 0 radical (unpaired) electrons. The summed E-state index contributed by atoms with van der Waals surface area (Å²) < 4.78 is 12.1. The Balaban J connectivity index is 2.89. The van der Waals surface area contributed by atoms with E-state index >= 15 is 0 Å². The summed E-state index contributed by atoms with van der Waals surface area (Å²) in [5.74, 6) is 0.659. The summed E-state index contributed by atoms with van der Waals surface area (Å²) >= 11 is 11.9. The van der Waals surface area contributed by atoms with Crippen LogP contribution < -0.4 is 5.73 Å². The highest BCUT2D eigenvalue weighted by Crippen LogP contribution is 2.28. The lowest BCUT2D eigenvalue weighted by Crippen LogP contribution is -2.32. The first-order valence-corrected chi connectivity index (χ1v) is 7.09. The molecule has 2 nitrogen and oxygen atoms in total. The number of halogens is 2. The van der Waals surface area contributed by atoms with Crippen molar-refractivity contribution < 1.29 is 4.21 Å². The van der Waals surface area contributed by atoms with Crippen molar-refractivity contribution in [3.63, 3.8) is 0 Å². The molecule has 0 aromatic heterocycles. The first-order valence-electron chi connectivity index (χ1n) is 5.01. The van der Waals surface area contributed by atoms with Crippen LogP contribution in [-0.2, 0) is 10.8 Å². The molecule has 16 heavy (non-hydrogen) atoms. The van der Waals surface area contributed by atoms with Crippen molar-refractivity contribution >= 4 is 34.0 Å². The highest BCUT2D eigenvalue weighted by Gasteiger charge is 2.17. The Kier molecular flexibility index (Phi) is 5.25. The van der Waals surface area contributed by atoms with Crippen LogP contribution in [0, 0.1) is 5.92 Å². The summed E-state index contributed by atoms with van der Waals surface area (Å²) in [5, 5.41) is 0.864. The predicted molar refractivity (Wildman–Crippen MR) is 70.6 cm³/mol. The third-order valence-electron chi connectivity index (χ3n) is 2.35. The Labute approximate surface area is 109 Å². The second kappa shape index (κ2) is 6.01. The number of benzene rings is 1. The Hall–Kier alpha value is -0.0900. The van der Waals surface area contributed by atoms with Crippen LogP contribution in [0.5, 0.6) is 0 Å². The fourth-order valence-electron chi connectivity index (χ4n) is 1.15. The van der Waals surface area contributed by atoms with Crippen LogP contribution in [-0.4, -0.2) is 16.0 Å². The van der Waals surface area contributed by atoms with Gasteiger partial charge < -0.3 is 5.73 Å². The molecule has 0 aliphatic heterocycles. The van der Waals surface area contributed by atoms with Gasteiger partial charge in [-0.2, -0.15) is 0 Å². The summed E-state index contributed by atoms with van der Waals surface area (Å²) in [6.07, 6.45) is 0. The summed E-state index contributed by atoms with van der Waals surface area (Å²) in [5.41, 5.74) is 5.88. The van der Waals surface area contributed by atoms with Gasteiger partial charge >= 0.3 is 0 Å². The molecule has 0 amide bonds. The van der Waals surface area contributed by atoms with Gasteiger partial charge in [-0.1, -0.05) is 43.1 Å². The summed E-state index contributed by atoms with van der Waals surface area (Å²) in [7, 11) is -1.25. The van der Waals surface area contributed by atoms with E-state index in [1.54, 1.807) is 18.2 Å². The minimum atomic E-state index is -1.25. The zero-order valence-electron chi connectivity index (χ0n) is 9.24. The Morgan fingerprint density at radius 1 is 1.31 bits per heavy atom. The second-order valence-electron chi connectivity index (χ2n) is 3.97. The van der Waals surface area contributed by atoms with E-state index in [0.29, 0.717) is 20.7 Å². The fourth-order valence-corrected chi connectivity index (χ4v) is 3.54. The van der Waals surface area contributed by atoms with Crippen molar-refractivity contribution in [1.29, 1.82) is 0 Å². The summed E-state index contributed by atoms with van der Waals surface area (Å²) in [6.45, 7) is 3.99. The zero-order chi connectivity index (χ0) is 12.3. The lowest BCUT2D eigenvalue weighted by atomic mass is 10.1. The van der Waals surface area contributed by atoms with Crippen molar-refractivity contribution in [3.05, 3.63) is 28.2 Å². The molecule has 5 heteroatoms. The molecule has 1 aromatic carbocycles. The lowest BCUT2D eigenvalue weighted by molar-refractivity contribution is 0.530. The van der Waals surface area contributed by atoms with E-state index in [0.717, 1.165) is 0 Å². The highest BCUT2D eigenvalue weighted by atomic mass is 35.5. The van der Waals surface area contributed by atoms with Gasteiger partial charge in [0.2, 0.25) is 0 Å². The maximum absolute atomic E-state index is 12.1. The Morgan fingerprint density at radius 2 is 1.81 bits per heavy atom. The molecular weight excluding hydrogens is 265 g/mol. The molecule has 0 saturated carbocycles. The molecule has 2 unspecified atom stereocenters. The van der Waals surface area contributed by atoms with Gasteiger partial charge in [-0.15, -0.1) is 0 Å². The van der Waals surface area contributed by atoms with Crippen LogP contribution in [0.2, 0.25) is 10.0 Å². The topological polar surface area (TPSA) is 43.1 Å². The minimum absolute atomic E-state index is 0.117. The van der Waals surface area contributed by atoms with E-state index in [-0.39, 0.29) is 12.0 Å². The standard InChI is InChI=1S/C11H15Cl2NOS/c1-7(2)10(14)6-16(15)11-8(12)4-3-5-9(11)13/h3-5,7,10H,6,14H2,1-2H3. The zero-order valence-corrected chi connectivity index (χ0v) is 11.6. The Morgan fingerprint density at radius 3 is 2.25 bits per heavy atom. The molecule has 0 saturated heterocycles. The van der Waals surface area contributed by atoms with Crippen molar-refractivity contribution in [1.82, 2.24) is 0 Å². The number of rotatable bonds is 4. The number of hydrogen-bond donors (Lipinski definition) is 1. The average Bonchev–Trinajstić information content (AvgIpc) is 2.16. The molecule has 0 fully saturated rings. The van der Waals surface area contributed by atoms with E-state index in [4.69, 9.17) is 28.9 Å². The molecule has 2 atom stereocenters. The number of hydrogen-bond acceptors (Lipinski definition) is 2. The molecule has 90 valence electrons. The van der Waals surface area contributed by atoms with Crippen LogP contribution in [0.3, 0.4) is 0 Å². The molecule has 0 heterocycles. The first-order chi connectivity index (χ1) is 7.43. The van der Waals surface area contributed by atoms with Crippen LogP contribution >= 0.6 is 23.2 Å². The molecule has 0 aliphatic carbocycles. The maximum Gasteiger partial charge on any atom is 0.0760 e. The van der Waals surface area contributed by atoms with Crippen LogP contribution in [0.25, 0.3) is 0 Å². The average molecular weight is 280 g/mol.